The second kappa shape index (κ2) is 22.4. The van der Waals surface area contributed by atoms with Crippen LogP contribution in [0.15, 0.2) is 91.1 Å². The fourth-order valence-corrected chi connectivity index (χ4v) is 6.32. The van der Waals surface area contributed by atoms with Crippen LogP contribution in [0.4, 0.5) is 4.79 Å². The van der Waals surface area contributed by atoms with Gasteiger partial charge in [-0.2, -0.15) is 0 Å². The number of nitrogens with one attached hydrogen (secondary N) is 6. The Morgan fingerprint density at radius 2 is 1.38 bits per heavy atom. The van der Waals surface area contributed by atoms with Crippen LogP contribution in [0.3, 0.4) is 0 Å². The number of aromatic nitrogens is 1. The highest BCUT2D eigenvalue weighted by molar-refractivity contribution is 5.97. The van der Waals surface area contributed by atoms with E-state index in [0.29, 0.717) is 17.5 Å². The van der Waals surface area contributed by atoms with Crippen molar-refractivity contribution in [3.63, 3.8) is 0 Å². The van der Waals surface area contributed by atoms with E-state index in [1.807, 2.05) is 55.5 Å². The Bertz CT molecular complexity index is 2180. The molecule has 1 heterocycles. The summed E-state index contributed by atoms with van der Waals surface area (Å²) < 4.78 is 5.45. The maximum atomic E-state index is 14.1. The van der Waals surface area contributed by atoms with Crippen LogP contribution in [-0.4, -0.2) is 88.0 Å². The van der Waals surface area contributed by atoms with E-state index in [-0.39, 0.29) is 38.1 Å². The van der Waals surface area contributed by atoms with Crippen LogP contribution >= 0.6 is 0 Å². The number of hydrogen-bond acceptors (Lipinski definition) is 8. The second-order valence-corrected chi connectivity index (χ2v) is 15.7. The number of carboxylic acid groups (broad SMARTS) is 1. The number of alkyl carbamates (subject to hydrolysis) is 1. The number of unbranched alkanes of at least 4 members (excludes halogenated alkanes) is 1. The SMILES string of the molecule is Cc1ccc(/C=C/C(=O)NCCCC[C@H](NC(=O)[C@H](Cc2c[nH]c3ccccc23)NC(=O)OC(C)(C)C)C(=O)N[C@@H](CC(=O)O)C(=O)N[C@@H](Cc2ccccc2)C(N)=O)cc1. The highest BCUT2D eigenvalue weighted by Gasteiger charge is 2.33. The zero-order valence-corrected chi connectivity index (χ0v) is 34.8. The molecule has 0 spiro atoms. The van der Waals surface area contributed by atoms with Gasteiger partial charge in [-0.05, 0) is 75.8 Å². The molecule has 0 radical (unpaired) electrons. The van der Waals surface area contributed by atoms with Crippen molar-refractivity contribution in [2.45, 2.75) is 96.0 Å². The number of nitrogens with two attached hydrogens (primary N) is 1. The van der Waals surface area contributed by atoms with Gasteiger partial charge in [-0.1, -0.05) is 78.4 Å². The first kappa shape index (κ1) is 46.7. The number of carbonyl (C=O) groups is 7. The number of benzene rings is 3. The summed E-state index contributed by atoms with van der Waals surface area (Å²) in [4.78, 5) is 94.7. The quantitative estimate of drug-likeness (QED) is 0.0451. The van der Waals surface area contributed by atoms with Crippen molar-refractivity contribution in [2.75, 3.05) is 6.54 Å². The summed E-state index contributed by atoms with van der Waals surface area (Å²) in [5, 5.41) is 23.5. The minimum atomic E-state index is -1.68. The molecule has 0 aliphatic carbocycles. The van der Waals surface area contributed by atoms with Gasteiger partial charge in [0.2, 0.25) is 29.5 Å². The van der Waals surface area contributed by atoms with Crippen LogP contribution in [0.1, 0.15) is 68.7 Å². The molecule has 6 amide bonds. The molecule has 0 saturated carbocycles. The summed E-state index contributed by atoms with van der Waals surface area (Å²) in [6.45, 7) is 7.19. The normalized spacial score (nSPS) is 13.3. The topological polar surface area (TPSA) is 251 Å². The molecule has 61 heavy (non-hydrogen) atoms. The number of aliphatic carboxylic acids is 1. The summed E-state index contributed by atoms with van der Waals surface area (Å²) in [6, 6.07) is 18.2. The van der Waals surface area contributed by atoms with Crippen LogP contribution in [0.25, 0.3) is 17.0 Å². The Balaban J connectivity index is 1.53. The van der Waals surface area contributed by atoms with Crippen molar-refractivity contribution in [2.24, 2.45) is 5.73 Å². The first-order valence-electron chi connectivity index (χ1n) is 20.0. The highest BCUT2D eigenvalue weighted by atomic mass is 16.6. The average molecular weight is 838 g/mol. The van der Waals surface area contributed by atoms with E-state index in [1.54, 1.807) is 63.4 Å². The molecule has 16 heteroatoms. The van der Waals surface area contributed by atoms with Crippen molar-refractivity contribution in [3.05, 3.63) is 113 Å². The maximum Gasteiger partial charge on any atom is 0.408 e. The molecule has 4 aromatic rings. The average Bonchev–Trinajstić information content (AvgIpc) is 3.61. The molecular formula is C45H55N7O9. The number of primary amides is 1. The number of fused-ring (bicyclic) bond motifs is 1. The molecule has 0 saturated heterocycles. The Morgan fingerprint density at radius 1 is 0.754 bits per heavy atom. The fraction of sp³-hybridized carbons (Fsp3) is 0.356. The van der Waals surface area contributed by atoms with Gasteiger partial charge < -0.3 is 47.1 Å². The Kier molecular flexibility index (Phi) is 17.2. The van der Waals surface area contributed by atoms with Crippen molar-refractivity contribution in [3.8, 4) is 0 Å². The molecule has 0 aliphatic rings. The monoisotopic (exact) mass is 837 g/mol. The molecule has 16 nitrogen and oxygen atoms in total. The number of H-pyrrole nitrogens is 1. The van der Waals surface area contributed by atoms with Crippen molar-refractivity contribution in [1.29, 1.82) is 0 Å². The summed E-state index contributed by atoms with van der Waals surface area (Å²) in [5.74, 6) is -5.28. The highest BCUT2D eigenvalue weighted by Crippen LogP contribution is 2.20. The minimum absolute atomic E-state index is 0.00840. The zero-order valence-electron chi connectivity index (χ0n) is 34.8. The molecule has 0 aliphatic heterocycles. The minimum Gasteiger partial charge on any atom is -0.481 e. The fourth-order valence-electron chi connectivity index (χ4n) is 6.32. The molecule has 324 valence electrons. The molecule has 0 fully saturated rings. The zero-order chi connectivity index (χ0) is 44.5. The van der Waals surface area contributed by atoms with Gasteiger partial charge in [0, 0.05) is 42.6 Å². The predicted molar refractivity (Wildman–Crippen MR) is 230 cm³/mol. The third kappa shape index (κ3) is 16.0. The lowest BCUT2D eigenvalue weighted by molar-refractivity contribution is -0.141. The van der Waals surface area contributed by atoms with Gasteiger partial charge in [0.15, 0.2) is 0 Å². The lowest BCUT2D eigenvalue weighted by Gasteiger charge is -2.26. The lowest BCUT2D eigenvalue weighted by atomic mass is 10.0. The second-order valence-electron chi connectivity index (χ2n) is 15.7. The van der Waals surface area contributed by atoms with Gasteiger partial charge in [-0.15, -0.1) is 0 Å². The first-order valence-corrected chi connectivity index (χ1v) is 20.0. The smallest absolute Gasteiger partial charge is 0.408 e. The Morgan fingerprint density at radius 3 is 2.05 bits per heavy atom. The van der Waals surface area contributed by atoms with Gasteiger partial charge in [0.1, 0.15) is 29.8 Å². The molecule has 1 aromatic heterocycles. The van der Waals surface area contributed by atoms with E-state index in [0.717, 1.165) is 22.0 Å². The predicted octanol–water partition coefficient (Wildman–Crippen LogP) is 3.57. The summed E-state index contributed by atoms with van der Waals surface area (Å²) >= 11 is 0. The van der Waals surface area contributed by atoms with Crippen LogP contribution in [0.2, 0.25) is 0 Å². The van der Waals surface area contributed by atoms with Gasteiger partial charge in [0.05, 0.1) is 6.42 Å². The molecule has 4 rings (SSSR count). The number of para-hydroxylation sites is 1. The molecular weight excluding hydrogens is 783 g/mol. The van der Waals surface area contributed by atoms with E-state index in [1.165, 1.54) is 6.08 Å². The number of carboxylic acids is 1. The molecule has 3 aromatic carbocycles. The number of aromatic amines is 1. The lowest BCUT2D eigenvalue weighted by Crippen LogP contribution is -2.59. The van der Waals surface area contributed by atoms with Crippen molar-refractivity contribution < 1.29 is 43.4 Å². The number of aryl methyl sites for hydroxylation is 1. The third-order valence-electron chi connectivity index (χ3n) is 9.42. The number of amides is 6. The first-order chi connectivity index (χ1) is 29.0. The summed E-state index contributed by atoms with van der Waals surface area (Å²) in [6.07, 6.45) is 3.70. The Hall–Kier alpha value is -6.97. The largest absolute Gasteiger partial charge is 0.481 e. The van der Waals surface area contributed by atoms with Crippen LogP contribution in [0, 0.1) is 6.92 Å². The van der Waals surface area contributed by atoms with E-state index < -0.39 is 71.9 Å². The Labute approximate surface area is 354 Å². The van der Waals surface area contributed by atoms with Gasteiger partial charge in [-0.3, -0.25) is 28.8 Å². The standard InChI is InChI=1S/C45H55N7O9/c1-28-17-19-29(20-18-28)21-22-38(53)47-23-11-10-16-34(41(57)51-37(26-39(54)55)43(59)50-35(40(46)56)24-30-12-6-5-7-13-30)49-42(58)36(52-44(60)61-45(2,3)4)25-31-27-48-33-15-9-8-14-32(31)33/h5-9,12-15,17-22,27,34-37,48H,10-11,16,23-26H2,1-4H3,(H2,46,56)(H,47,53)(H,49,58)(H,50,59)(H,51,57)(H,52,60)(H,54,55)/b22-21+/t34-,35-,36-,37-/m0/s1. The third-order valence-corrected chi connectivity index (χ3v) is 9.42. The summed E-state index contributed by atoms with van der Waals surface area (Å²) in [5.41, 5.74) is 8.80. The van der Waals surface area contributed by atoms with Gasteiger partial charge in [-0.25, -0.2) is 4.79 Å². The number of rotatable bonds is 21. The van der Waals surface area contributed by atoms with E-state index >= 15 is 0 Å². The van der Waals surface area contributed by atoms with Crippen molar-refractivity contribution >= 4 is 58.6 Å². The number of hydrogen-bond donors (Lipinski definition) is 8. The number of carbonyl (C=O) groups excluding carboxylic acids is 6. The van der Waals surface area contributed by atoms with Gasteiger partial charge >= 0.3 is 12.1 Å². The molecule has 0 unspecified atom stereocenters. The van der Waals surface area contributed by atoms with Crippen LogP contribution < -0.4 is 32.3 Å². The molecule has 4 atom stereocenters. The van der Waals surface area contributed by atoms with Gasteiger partial charge in [0.25, 0.3) is 0 Å². The molecule has 9 N–H and O–H groups in total. The van der Waals surface area contributed by atoms with Crippen LogP contribution in [0.5, 0.6) is 0 Å². The molecule has 0 bridgehead atoms. The van der Waals surface area contributed by atoms with Crippen molar-refractivity contribution in [1.82, 2.24) is 31.6 Å². The van der Waals surface area contributed by atoms with E-state index in [4.69, 9.17) is 10.5 Å². The maximum absolute atomic E-state index is 14.1. The van der Waals surface area contributed by atoms with E-state index in [2.05, 4.69) is 31.6 Å². The van der Waals surface area contributed by atoms with Crippen LogP contribution in [-0.2, 0) is 46.3 Å². The summed E-state index contributed by atoms with van der Waals surface area (Å²) in [7, 11) is 0. The van der Waals surface area contributed by atoms with E-state index in [9.17, 15) is 38.7 Å². The number of ether oxygens (including phenoxy) is 1.